The van der Waals surface area contributed by atoms with Crippen molar-refractivity contribution in [1.82, 2.24) is 15.0 Å². The number of carbonyl (C=O) groups excluding carboxylic acids is 1. The van der Waals surface area contributed by atoms with E-state index in [-0.39, 0.29) is 29.4 Å². The van der Waals surface area contributed by atoms with Crippen LogP contribution in [0, 0.1) is 10.1 Å². The summed E-state index contributed by atoms with van der Waals surface area (Å²) in [5, 5.41) is 15.7. The first-order chi connectivity index (χ1) is 14.8. The van der Waals surface area contributed by atoms with Crippen molar-refractivity contribution in [3.8, 4) is 16.3 Å². The SMILES string of the molecule is COc1ccc(-c2nc(C(=O)NCCNS(=O)(=O)c3cccc([N+](=O)[O-])c3)cs2)cc1. The Bertz CT molecular complexity index is 1190. The lowest BCUT2D eigenvalue weighted by Crippen LogP contribution is -2.34. The van der Waals surface area contributed by atoms with Gasteiger partial charge in [0.2, 0.25) is 10.0 Å². The third kappa shape index (κ3) is 5.63. The lowest BCUT2D eigenvalue weighted by atomic mass is 10.2. The summed E-state index contributed by atoms with van der Waals surface area (Å²) in [6.07, 6.45) is 0. The van der Waals surface area contributed by atoms with Crippen LogP contribution in [0.2, 0.25) is 0 Å². The molecule has 0 radical (unpaired) electrons. The number of non-ortho nitro benzene ring substituents is 1. The molecule has 31 heavy (non-hydrogen) atoms. The Hall–Kier alpha value is -3.35. The van der Waals surface area contributed by atoms with E-state index in [2.05, 4.69) is 15.0 Å². The van der Waals surface area contributed by atoms with Gasteiger partial charge >= 0.3 is 0 Å². The van der Waals surface area contributed by atoms with Crippen molar-refractivity contribution in [3.63, 3.8) is 0 Å². The van der Waals surface area contributed by atoms with Gasteiger partial charge in [-0.1, -0.05) is 6.07 Å². The van der Waals surface area contributed by atoms with Crippen molar-refractivity contribution >= 4 is 33.0 Å². The minimum Gasteiger partial charge on any atom is -0.497 e. The number of nitrogens with one attached hydrogen (secondary N) is 2. The van der Waals surface area contributed by atoms with Crippen LogP contribution >= 0.6 is 11.3 Å². The largest absolute Gasteiger partial charge is 0.497 e. The fourth-order valence-electron chi connectivity index (χ4n) is 2.54. The number of rotatable bonds is 9. The van der Waals surface area contributed by atoms with Gasteiger partial charge in [0, 0.05) is 36.2 Å². The number of sulfonamides is 1. The lowest BCUT2D eigenvalue weighted by Gasteiger charge is -2.07. The number of methoxy groups -OCH3 is 1. The van der Waals surface area contributed by atoms with Crippen LogP contribution in [0.25, 0.3) is 10.6 Å². The molecule has 0 fully saturated rings. The molecule has 10 nitrogen and oxygen atoms in total. The van der Waals surface area contributed by atoms with Gasteiger partial charge in [0.15, 0.2) is 0 Å². The third-order valence-corrected chi connectivity index (χ3v) is 6.47. The topological polar surface area (TPSA) is 141 Å². The molecule has 2 N–H and O–H groups in total. The van der Waals surface area contributed by atoms with Gasteiger partial charge in [0.1, 0.15) is 16.5 Å². The van der Waals surface area contributed by atoms with Gasteiger partial charge in [0.25, 0.3) is 11.6 Å². The highest BCUT2D eigenvalue weighted by atomic mass is 32.2. The van der Waals surface area contributed by atoms with Gasteiger partial charge in [0.05, 0.1) is 16.9 Å². The molecule has 0 aliphatic carbocycles. The second-order valence-corrected chi connectivity index (χ2v) is 8.80. The van der Waals surface area contributed by atoms with Gasteiger partial charge in [-0.2, -0.15) is 0 Å². The van der Waals surface area contributed by atoms with Crippen molar-refractivity contribution in [2.24, 2.45) is 0 Å². The molecule has 0 saturated heterocycles. The fraction of sp³-hybridized carbons (Fsp3) is 0.158. The Morgan fingerprint density at radius 1 is 1.19 bits per heavy atom. The zero-order chi connectivity index (χ0) is 22.4. The molecule has 0 aliphatic heterocycles. The summed E-state index contributed by atoms with van der Waals surface area (Å²) in [4.78, 5) is 26.5. The van der Waals surface area contributed by atoms with Crippen molar-refractivity contribution in [2.75, 3.05) is 20.2 Å². The lowest BCUT2D eigenvalue weighted by molar-refractivity contribution is -0.385. The molecule has 1 aromatic heterocycles. The summed E-state index contributed by atoms with van der Waals surface area (Å²) in [6, 6.07) is 12.0. The quantitative estimate of drug-likeness (QED) is 0.283. The summed E-state index contributed by atoms with van der Waals surface area (Å²) in [5.41, 5.74) is 0.735. The average Bonchev–Trinajstić information content (AvgIpc) is 3.27. The van der Waals surface area contributed by atoms with Gasteiger partial charge in [-0.05, 0) is 30.3 Å². The number of nitro groups is 1. The minimum atomic E-state index is -3.95. The fourth-order valence-corrected chi connectivity index (χ4v) is 4.42. The van der Waals surface area contributed by atoms with Crippen LogP contribution < -0.4 is 14.8 Å². The molecule has 1 amide bonds. The van der Waals surface area contributed by atoms with E-state index in [0.29, 0.717) is 10.8 Å². The van der Waals surface area contributed by atoms with E-state index in [9.17, 15) is 23.3 Å². The third-order valence-electron chi connectivity index (χ3n) is 4.12. The number of carbonyl (C=O) groups is 1. The molecule has 2 aromatic carbocycles. The van der Waals surface area contributed by atoms with E-state index < -0.39 is 20.9 Å². The number of benzene rings is 2. The predicted molar refractivity (Wildman–Crippen MR) is 115 cm³/mol. The van der Waals surface area contributed by atoms with E-state index >= 15 is 0 Å². The van der Waals surface area contributed by atoms with Gasteiger partial charge < -0.3 is 10.1 Å². The number of aromatic nitrogens is 1. The number of nitro benzene ring substituents is 1. The highest BCUT2D eigenvalue weighted by molar-refractivity contribution is 7.89. The van der Waals surface area contributed by atoms with Crippen LogP contribution in [0.5, 0.6) is 5.75 Å². The number of hydrogen-bond acceptors (Lipinski definition) is 8. The smallest absolute Gasteiger partial charge is 0.270 e. The summed E-state index contributed by atoms with van der Waals surface area (Å²) in [6.45, 7) is -0.0748. The summed E-state index contributed by atoms with van der Waals surface area (Å²) in [7, 11) is -2.37. The number of hydrogen-bond donors (Lipinski definition) is 2. The van der Waals surface area contributed by atoms with Gasteiger partial charge in [-0.15, -0.1) is 11.3 Å². The predicted octanol–water partition coefficient (Wildman–Crippen LogP) is 2.44. The Morgan fingerprint density at radius 3 is 2.61 bits per heavy atom. The Morgan fingerprint density at radius 2 is 1.94 bits per heavy atom. The molecule has 0 atom stereocenters. The van der Waals surface area contributed by atoms with Crippen LogP contribution in [0.1, 0.15) is 10.5 Å². The van der Waals surface area contributed by atoms with Crippen LogP contribution in [0.15, 0.2) is 58.8 Å². The second-order valence-electron chi connectivity index (χ2n) is 6.17. The van der Waals surface area contributed by atoms with Crippen LogP contribution in [-0.4, -0.2) is 44.4 Å². The van der Waals surface area contributed by atoms with E-state index in [1.807, 2.05) is 12.1 Å². The van der Waals surface area contributed by atoms with E-state index in [1.54, 1.807) is 24.6 Å². The van der Waals surface area contributed by atoms with Crippen LogP contribution in [0.3, 0.4) is 0 Å². The maximum atomic E-state index is 12.3. The molecule has 162 valence electrons. The maximum absolute atomic E-state index is 12.3. The molecule has 1 heterocycles. The molecule has 3 aromatic rings. The molecular weight excluding hydrogens is 444 g/mol. The normalized spacial score (nSPS) is 11.1. The standard InChI is InChI=1S/C19H18N4O6S2/c1-29-15-7-5-13(6-8-15)19-22-17(12-30-19)18(24)20-9-10-21-31(27,28)16-4-2-3-14(11-16)23(25)26/h2-8,11-12,21H,9-10H2,1H3,(H,20,24). The Labute approximate surface area is 182 Å². The van der Waals surface area contributed by atoms with Crippen molar-refractivity contribution in [2.45, 2.75) is 4.90 Å². The summed E-state index contributed by atoms with van der Waals surface area (Å²) >= 11 is 1.31. The van der Waals surface area contributed by atoms with E-state index in [0.717, 1.165) is 11.6 Å². The van der Waals surface area contributed by atoms with Gasteiger partial charge in [-0.3, -0.25) is 14.9 Å². The van der Waals surface area contributed by atoms with Crippen molar-refractivity contribution in [1.29, 1.82) is 0 Å². The highest BCUT2D eigenvalue weighted by Crippen LogP contribution is 2.25. The van der Waals surface area contributed by atoms with Gasteiger partial charge in [-0.25, -0.2) is 18.1 Å². The number of nitrogens with zero attached hydrogens (tertiary/aromatic N) is 2. The molecule has 0 unspecified atom stereocenters. The molecule has 0 saturated carbocycles. The molecule has 3 rings (SSSR count). The molecule has 0 aliphatic rings. The first kappa shape index (κ1) is 22.3. The number of amides is 1. The molecular formula is C19H18N4O6S2. The zero-order valence-corrected chi connectivity index (χ0v) is 17.9. The average molecular weight is 463 g/mol. The Balaban J connectivity index is 1.54. The maximum Gasteiger partial charge on any atom is 0.270 e. The summed E-state index contributed by atoms with van der Waals surface area (Å²) in [5.74, 6) is 0.274. The van der Waals surface area contributed by atoms with Crippen LogP contribution in [-0.2, 0) is 10.0 Å². The van der Waals surface area contributed by atoms with Crippen LogP contribution in [0.4, 0.5) is 5.69 Å². The zero-order valence-electron chi connectivity index (χ0n) is 16.3. The molecule has 0 bridgehead atoms. The summed E-state index contributed by atoms with van der Waals surface area (Å²) < 4.78 is 31.9. The number of thiazole rings is 1. The number of ether oxygens (including phenoxy) is 1. The van der Waals surface area contributed by atoms with Crippen molar-refractivity contribution in [3.05, 3.63) is 69.7 Å². The monoisotopic (exact) mass is 462 g/mol. The highest BCUT2D eigenvalue weighted by Gasteiger charge is 2.17. The first-order valence-electron chi connectivity index (χ1n) is 8.92. The Kier molecular flexibility index (Phi) is 6.95. The molecule has 12 heteroatoms. The van der Waals surface area contributed by atoms with E-state index in [1.165, 1.54) is 29.5 Å². The second kappa shape index (κ2) is 9.64. The molecule has 0 spiro atoms. The van der Waals surface area contributed by atoms with E-state index in [4.69, 9.17) is 4.74 Å². The minimum absolute atomic E-state index is 0.0163. The van der Waals surface area contributed by atoms with Crippen molar-refractivity contribution < 1.29 is 22.9 Å². The first-order valence-corrected chi connectivity index (χ1v) is 11.3.